The van der Waals surface area contributed by atoms with Gasteiger partial charge in [-0.1, -0.05) is 13.8 Å². The van der Waals surface area contributed by atoms with Crippen LogP contribution < -0.4 is 10.6 Å². The molecule has 108 valence electrons. The van der Waals surface area contributed by atoms with Gasteiger partial charge in [-0.15, -0.1) is 0 Å². The molecule has 0 bridgehead atoms. The van der Waals surface area contributed by atoms with E-state index in [2.05, 4.69) is 28.7 Å². The largest absolute Gasteiger partial charge is 0.356 e. The highest BCUT2D eigenvalue weighted by Crippen LogP contribution is 2.11. The topological polar surface area (TPSA) is 50.5 Å². The molecule has 0 spiro atoms. The second-order valence-electron chi connectivity index (χ2n) is 5.16. The van der Waals surface area contributed by atoms with Gasteiger partial charge in [-0.25, -0.2) is 9.20 Å². The molecule has 0 unspecified atom stereocenters. The second-order valence-corrected chi connectivity index (χ2v) is 5.16. The van der Waals surface area contributed by atoms with E-state index in [0.29, 0.717) is 11.6 Å². The van der Waals surface area contributed by atoms with Gasteiger partial charge in [0.25, 0.3) is 0 Å². The van der Waals surface area contributed by atoms with Gasteiger partial charge in [-0.05, 0) is 44.4 Å². The van der Waals surface area contributed by atoms with Crippen molar-refractivity contribution in [3.63, 3.8) is 0 Å². The third-order valence-electron chi connectivity index (χ3n) is 3.25. The van der Waals surface area contributed by atoms with Crippen molar-refractivity contribution < 1.29 is 0 Å². The summed E-state index contributed by atoms with van der Waals surface area (Å²) in [4.78, 5) is 23.0. The summed E-state index contributed by atoms with van der Waals surface area (Å²) in [5.41, 5.74) is 2.40. The second kappa shape index (κ2) is 6.03. The Labute approximate surface area is 119 Å². The van der Waals surface area contributed by atoms with Crippen molar-refractivity contribution in [2.24, 2.45) is 0 Å². The molecule has 0 fully saturated rings. The standard InChI is InChI=1S/C15H22N4O/c1-5-7-18(8-6-2)14-16-13-10-11(3)9-12(4)19(13)15(20)17-14/h9-10H,5-8H2,1-4H3. The molecule has 20 heavy (non-hydrogen) atoms. The predicted octanol–water partition coefficient (Wildman–Crippen LogP) is 2.33. The molecular formula is C15H22N4O. The summed E-state index contributed by atoms with van der Waals surface area (Å²) < 4.78 is 1.56. The van der Waals surface area contributed by atoms with Crippen molar-refractivity contribution in [3.8, 4) is 0 Å². The minimum absolute atomic E-state index is 0.250. The zero-order valence-electron chi connectivity index (χ0n) is 12.7. The van der Waals surface area contributed by atoms with Gasteiger partial charge in [-0.3, -0.25) is 0 Å². The van der Waals surface area contributed by atoms with E-state index in [0.717, 1.165) is 37.2 Å². The number of fused-ring (bicyclic) bond motifs is 1. The van der Waals surface area contributed by atoms with Gasteiger partial charge >= 0.3 is 5.69 Å². The first kappa shape index (κ1) is 14.5. The molecule has 0 aromatic carbocycles. The van der Waals surface area contributed by atoms with Crippen molar-refractivity contribution in [1.29, 1.82) is 0 Å². The minimum atomic E-state index is -0.250. The van der Waals surface area contributed by atoms with E-state index >= 15 is 0 Å². The van der Waals surface area contributed by atoms with Gasteiger partial charge in [-0.2, -0.15) is 9.97 Å². The Morgan fingerprint density at radius 3 is 2.35 bits per heavy atom. The Balaban J connectivity index is 2.59. The van der Waals surface area contributed by atoms with Crippen LogP contribution in [0.1, 0.15) is 37.9 Å². The molecule has 0 radical (unpaired) electrons. The SMILES string of the molecule is CCCN(CCC)c1nc(=O)n2c(C)cc(C)cc2n1. The third-order valence-corrected chi connectivity index (χ3v) is 3.25. The fourth-order valence-corrected chi connectivity index (χ4v) is 2.47. The zero-order chi connectivity index (χ0) is 14.7. The van der Waals surface area contributed by atoms with Crippen molar-refractivity contribution in [3.05, 3.63) is 33.9 Å². The van der Waals surface area contributed by atoms with Crippen LogP contribution in [0.2, 0.25) is 0 Å². The van der Waals surface area contributed by atoms with Gasteiger partial charge < -0.3 is 4.90 Å². The average molecular weight is 274 g/mol. The first-order valence-corrected chi connectivity index (χ1v) is 7.19. The molecule has 5 nitrogen and oxygen atoms in total. The number of rotatable bonds is 5. The van der Waals surface area contributed by atoms with Crippen molar-refractivity contribution in [2.75, 3.05) is 18.0 Å². The fourth-order valence-electron chi connectivity index (χ4n) is 2.47. The number of pyridine rings is 1. The highest BCUT2D eigenvalue weighted by atomic mass is 16.1. The monoisotopic (exact) mass is 274 g/mol. The molecule has 2 rings (SSSR count). The van der Waals surface area contributed by atoms with Crippen molar-refractivity contribution >= 4 is 11.6 Å². The zero-order valence-corrected chi connectivity index (χ0v) is 12.7. The number of aryl methyl sites for hydroxylation is 2. The van der Waals surface area contributed by atoms with Gasteiger partial charge in [0.2, 0.25) is 5.95 Å². The van der Waals surface area contributed by atoms with Crippen LogP contribution in [0.25, 0.3) is 5.65 Å². The minimum Gasteiger partial charge on any atom is -0.341 e. The van der Waals surface area contributed by atoms with E-state index in [-0.39, 0.29) is 5.69 Å². The van der Waals surface area contributed by atoms with E-state index in [1.165, 1.54) is 0 Å². The van der Waals surface area contributed by atoms with Crippen molar-refractivity contribution in [2.45, 2.75) is 40.5 Å². The van der Waals surface area contributed by atoms with Crippen molar-refractivity contribution in [1.82, 2.24) is 14.4 Å². The molecule has 2 heterocycles. The lowest BCUT2D eigenvalue weighted by molar-refractivity contribution is 0.712. The molecule has 0 saturated heterocycles. The van der Waals surface area contributed by atoms with Gasteiger partial charge in [0.15, 0.2) is 0 Å². The Morgan fingerprint density at radius 1 is 1.10 bits per heavy atom. The maximum atomic E-state index is 12.2. The first-order chi connectivity index (χ1) is 9.56. The molecule has 0 aliphatic rings. The maximum Gasteiger partial charge on any atom is 0.356 e. The number of anilines is 1. The number of nitrogens with zero attached hydrogens (tertiary/aromatic N) is 4. The lowest BCUT2D eigenvalue weighted by Crippen LogP contribution is -2.31. The maximum absolute atomic E-state index is 12.2. The molecule has 0 aliphatic carbocycles. The predicted molar refractivity (Wildman–Crippen MR) is 81.5 cm³/mol. The molecular weight excluding hydrogens is 252 g/mol. The molecule has 2 aromatic heterocycles. The summed E-state index contributed by atoms with van der Waals surface area (Å²) >= 11 is 0. The fraction of sp³-hybridized carbons (Fsp3) is 0.533. The smallest absolute Gasteiger partial charge is 0.341 e. The Hall–Kier alpha value is -1.91. The Bertz CT molecular complexity index is 657. The highest BCUT2D eigenvalue weighted by Gasteiger charge is 2.12. The molecule has 0 N–H and O–H groups in total. The number of aromatic nitrogens is 3. The lowest BCUT2D eigenvalue weighted by atomic mass is 10.2. The number of hydrogen-bond donors (Lipinski definition) is 0. The van der Waals surface area contributed by atoms with Gasteiger partial charge in [0.1, 0.15) is 5.65 Å². The first-order valence-electron chi connectivity index (χ1n) is 7.19. The summed E-state index contributed by atoms with van der Waals surface area (Å²) in [6, 6.07) is 3.89. The van der Waals surface area contributed by atoms with Crippen LogP contribution in [0.15, 0.2) is 16.9 Å². The van der Waals surface area contributed by atoms with E-state index in [1.807, 2.05) is 26.0 Å². The summed E-state index contributed by atoms with van der Waals surface area (Å²) in [5.74, 6) is 0.545. The van der Waals surface area contributed by atoms with Crippen LogP contribution in [0, 0.1) is 13.8 Å². The molecule has 0 atom stereocenters. The molecule has 2 aromatic rings. The summed E-state index contributed by atoms with van der Waals surface area (Å²) in [6.07, 6.45) is 2.02. The third kappa shape index (κ3) is 2.81. The normalized spacial score (nSPS) is 11.0. The van der Waals surface area contributed by atoms with Gasteiger partial charge in [0.05, 0.1) is 0 Å². The van der Waals surface area contributed by atoms with Crippen LogP contribution in [0.5, 0.6) is 0 Å². The Morgan fingerprint density at radius 2 is 1.75 bits per heavy atom. The van der Waals surface area contributed by atoms with Crippen LogP contribution in [-0.2, 0) is 0 Å². The van der Waals surface area contributed by atoms with Crippen LogP contribution >= 0.6 is 0 Å². The van der Waals surface area contributed by atoms with E-state index in [4.69, 9.17) is 0 Å². The summed E-state index contributed by atoms with van der Waals surface area (Å²) in [6.45, 7) is 9.88. The van der Waals surface area contributed by atoms with Gasteiger partial charge in [0, 0.05) is 18.8 Å². The lowest BCUT2D eigenvalue weighted by Gasteiger charge is -2.21. The molecule has 0 aliphatic heterocycles. The van der Waals surface area contributed by atoms with Crippen LogP contribution in [0.3, 0.4) is 0 Å². The summed E-state index contributed by atoms with van der Waals surface area (Å²) in [7, 11) is 0. The highest BCUT2D eigenvalue weighted by molar-refractivity contribution is 5.47. The van der Waals surface area contributed by atoms with E-state index < -0.39 is 0 Å². The summed E-state index contributed by atoms with van der Waals surface area (Å²) in [5, 5.41) is 0. The molecule has 5 heteroatoms. The number of hydrogen-bond acceptors (Lipinski definition) is 4. The molecule has 0 saturated carbocycles. The Kier molecular flexibility index (Phi) is 4.37. The average Bonchev–Trinajstić information content (AvgIpc) is 2.37. The van der Waals surface area contributed by atoms with Crippen LogP contribution in [-0.4, -0.2) is 27.5 Å². The van der Waals surface area contributed by atoms with Crippen LogP contribution in [0.4, 0.5) is 5.95 Å². The quantitative estimate of drug-likeness (QED) is 0.839. The van der Waals surface area contributed by atoms with E-state index in [9.17, 15) is 4.79 Å². The molecule has 0 amide bonds. The van der Waals surface area contributed by atoms with E-state index in [1.54, 1.807) is 4.40 Å².